The Labute approximate surface area is 118 Å². The molecule has 0 aliphatic heterocycles. The molecule has 0 spiro atoms. The third kappa shape index (κ3) is 3.81. The second-order valence-electron chi connectivity index (χ2n) is 4.74. The molecule has 2 nitrogen and oxygen atoms in total. The molecule has 0 amide bonds. The van der Waals surface area contributed by atoms with Crippen molar-refractivity contribution in [2.24, 2.45) is 0 Å². The maximum atomic E-state index is 13.3. The highest BCUT2D eigenvalue weighted by atomic mass is 19.1. The SMILES string of the molecule is CCCOc1cc(F)ccc1C(O)Cc1ccccc1. The van der Waals surface area contributed by atoms with E-state index >= 15 is 0 Å². The van der Waals surface area contributed by atoms with E-state index in [1.807, 2.05) is 37.3 Å². The summed E-state index contributed by atoms with van der Waals surface area (Å²) in [5.74, 6) is 0.0713. The summed E-state index contributed by atoms with van der Waals surface area (Å²) in [7, 11) is 0. The summed E-state index contributed by atoms with van der Waals surface area (Å²) < 4.78 is 18.8. The van der Waals surface area contributed by atoms with Gasteiger partial charge in [-0.15, -0.1) is 0 Å². The molecule has 106 valence electrons. The molecule has 0 saturated heterocycles. The molecule has 0 saturated carbocycles. The lowest BCUT2D eigenvalue weighted by Crippen LogP contribution is -2.06. The van der Waals surface area contributed by atoms with E-state index in [0.717, 1.165) is 12.0 Å². The number of benzene rings is 2. The molecule has 20 heavy (non-hydrogen) atoms. The molecule has 0 aromatic heterocycles. The highest BCUT2D eigenvalue weighted by Gasteiger charge is 2.15. The van der Waals surface area contributed by atoms with E-state index in [0.29, 0.717) is 24.3 Å². The Kier molecular flexibility index (Phi) is 5.13. The van der Waals surface area contributed by atoms with E-state index < -0.39 is 6.10 Å². The van der Waals surface area contributed by atoms with E-state index in [1.165, 1.54) is 12.1 Å². The van der Waals surface area contributed by atoms with Gasteiger partial charge in [0.2, 0.25) is 0 Å². The maximum Gasteiger partial charge on any atom is 0.128 e. The Hall–Kier alpha value is -1.87. The third-order valence-electron chi connectivity index (χ3n) is 3.07. The minimum Gasteiger partial charge on any atom is -0.493 e. The van der Waals surface area contributed by atoms with Crippen LogP contribution in [-0.4, -0.2) is 11.7 Å². The van der Waals surface area contributed by atoms with Crippen molar-refractivity contribution in [1.82, 2.24) is 0 Å². The predicted octanol–water partition coefficient (Wildman–Crippen LogP) is 3.89. The standard InChI is InChI=1S/C17H19FO2/c1-2-10-20-17-12-14(18)8-9-15(17)16(19)11-13-6-4-3-5-7-13/h3-9,12,16,19H,2,10-11H2,1H3. The Bertz CT molecular complexity index is 540. The maximum absolute atomic E-state index is 13.3. The molecule has 0 bridgehead atoms. The van der Waals surface area contributed by atoms with Crippen LogP contribution in [-0.2, 0) is 6.42 Å². The zero-order valence-corrected chi connectivity index (χ0v) is 11.6. The van der Waals surface area contributed by atoms with Gasteiger partial charge < -0.3 is 9.84 Å². The van der Waals surface area contributed by atoms with E-state index in [-0.39, 0.29) is 5.82 Å². The van der Waals surface area contributed by atoms with Crippen LogP contribution in [0.3, 0.4) is 0 Å². The largest absolute Gasteiger partial charge is 0.493 e. The van der Waals surface area contributed by atoms with Gasteiger partial charge in [-0.05, 0) is 24.1 Å². The molecule has 2 aromatic rings. The Morgan fingerprint density at radius 1 is 1.15 bits per heavy atom. The number of rotatable bonds is 6. The number of halogens is 1. The van der Waals surface area contributed by atoms with Gasteiger partial charge >= 0.3 is 0 Å². The third-order valence-corrected chi connectivity index (χ3v) is 3.07. The average molecular weight is 274 g/mol. The average Bonchev–Trinajstić information content (AvgIpc) is 2.46. The first-order valence-electron chi connectivity index (χ1n) is 6.85. The fourth-order valence-corrected chi connectivity index (χ4v) is 2.07. The van der Waals surface area contributed by atoms with Gasteiger partial charge in [-0.25, -0.2) is 4.39 Å². The van der Waals surface area contributed by atoms with Gasteiger partial charge in [0.15, 0.2) is 0 Å². The number of ether oxygens (including phenoxy) is 1. The molecule has 1 unspecified atom stereocenters. The molecule has 0 fully saturated rings. The van der Waals surface area contributed by atoms with Crippen LogP contribution in [0.2, 0.25) is 0 Å². The van der Waals surface area contributed by atoms with E-state index in [4.69, 9.17) is 4.74 Å². The van der Waals surface area contributed by atoms with Crippen LogP contribution in [0.4, 0.5) is 4.39 Å². The second-order valence-corrected chi connectivity index (χ2v) is 4.74. The highest BCUT2D eigenvalue weighted by Crippen LogP contribution is 2.28. The minimum absolute atomic E-state index is 0.355. The first kappa shape index (κ1) is 14.5. The molecule has 0 radical (unpaired) electrons. The summed E-state index contributed by atoms with van der Waals surface area (Å²) in [4.78, 5) is 0. The molecule has 0 heterocycles. The summed E-state index contributed by atoms with van der Waals surface area (Å²) in [6, 6.07) is 14.0. The van der Waals surface area contributed by atoms with Crippen LogP contribution in [0.15, 0.2) is 48.5 Å². The van der Waals surface area contributed by atoms with Crippen molar-refractivity contribution in [3.8, 4) is 5.75 Å². The molecule has 1 atom stereocenters. The van der Waals surface area contributed by atoms with Crippen molar-refractivity contribution in [2.45, 2.75) is 25.9 Å². The summed E-state index contributed by atoms with van der Waals surface area (Å²) in [5.41, 5.74) is 1.66. The van der Waals surface area contributed by atoms with Crippen LogP contribution in [0.1, 0.15) is 30.6 Å². The van der Waals surface area contributed by atoms with Crippen molar-refractivity contribution in [1.29, 1.82) is 0 Å². The zero-order chi connectivity index (χ0) is 14.4. The summed E-state index contributed by atoms with van der Waals surface area (Å²) in [5, 5.41) is 10.3. The monoisotopic (exact) mass is 274 g/mol. The number of aliphatic hydroxyl groups is 1. The number of hydrogen-bond acceptors (Lipinski definition) is 2. The topological polar surface area (TPSA) is 29.5 Å². The first-order valence-corrected chi connectivity index (χ1v) is 6.85. The van der Waals surface area contributed by atoms with E-state index in [1.54, 1.807) is 6.07 Å². The number of aliphatic hydroxyl groups excluding tert-OH is 1. The van der Waals surface area contributed by atoms with Gasteiger partial charge in [0.05, 0.1) is 12.7 Å². The molecule has 1 N–H and O–H groups in total. The van der Waals surface area contributed by atoms with Gasteiger partial charge in [0, 0.05) is 18.1 Å². The molecular weight excluding hydrogens is 255 g/mol. The molecule has 2 aromatic carbocycles. The van der Waals surface area contributed by atoms with Crippen molar-refractivity contribution < 1.29 is 14.2 Å². The quantitative estimate of drug-likeness (QED) is 0.866. The Morgan fingerprint density at radius 3 is 2.60 bits per heavy atom. The fraction of sp³-hybridized carbons (Fsp3) is 0.294. The van der Waals surface area contributed by atoms with Crippen LogP contribution < -0.4 is 4.74 Å². The van der Waals surface area contributed by atoms with Gasteiger partial charge in [0.1, 0.15) is 11.6 Å². The van der Waals surface area contributed by atoms with Crippen LogP contribution >= 0.6 is 0 Å². The summed E-state index contributed by atoms with van der Waals surface area (Å²) in [6.45, 7) is 2.49. The molecule has 0 aliphatic carbocycles. The van der Waals surface area contributed by atoms with Crippen molar-refractivity contribution in [3.05, 3.63) is 65.5 Å². The molecule has 2 rings (SSSR count). The van der Waals surface area contributed by atoms with Crippen molar-refractivity contribution >= 4 is 0 Å². The predicted molar refractivity (Wildman–Crippen MR) is 77.3 cm³/mol. The molecule has 0 aliphatic rings. The zero-order valence-electron chi connectivity index (χ0n) is 11.6. The number of hydrogen-bond donors (Lipinski definition) is 1. The minimum atomic E-state index is -0.704. The second kappa shape index (κ2) is 7.06. The Balaban J connectivity index is 2.18. The van der Waals surface area contributed by atoms with E-state index in [9.17, 15) is 9.50 Å². The highest BCUT2D eigenvalue weighted by molar-refractivity contribution is 5.36. The Morgan fingerprint density at radius 2 is 1.90 bits per heavy atom. The van der Waals surface area contributed by atoms with Crippen LogP contribution in [0.5, 0.6) is 5.75 Å². The summed E-state index contributed by atoms with van der Waals surface area (Å²) in [6.07, 6.45) is 0.615. The van der Waals surface area contributed by atoms with Gasteiger partial charge in [0.25, 0.3) is 0 Å². The lowest BCUT2D eigenvalue weighted by molar-refractivity contribution is 0.171. The summed E-state index contributed by atoms with van der Waals surface area (Å²) >= 11 is 0. The fourth-order valence-electron chi connectivity index (χ4n) is 2.07. The van der Waals surface area contributed by atoms with Gasteiger partial charge in [-0.3, -0.25) is 0 Å². The van der Waals surface area contributed by atoms with Crippen molar-refractivity contribution in [2.75, 3.05) is 6.61 Å². The smallest absolute Gasteiger partial charge is 0.128 e. The molecule has 3 heteroatoms. The lowest BCUT2D eigenvalue weighted by atomic mass is 10.0. The normalized spacial score (nSPS) is 12.2. The molecular formula is C17H19FO2. The van der Waals surface area contributed by atoms with Gasteiger partial charge in [-0.1, -0.05) is 37.3 Å². The van der Waals surface area contributed by atoms with E-state index in [2.05, 4.69) is 0 Å². The first-order chi connectivity index (χ1) is 9.70. The lowest BCUT2D eigenvalue weighted by Gasteiger charge is -2.16. The van der Waals surface area contributed by atoms with Crippen LogP contribution in [0.25, 0.3) is 0 Å². The van der Waals surface area contributed by atoms with Gasteiger partial charge in [-0.2, -0.15) is 0 Å². The van der Waals surface area contributed by atoms with Crippen LogP contribution in [0, 0.1) is 5.82 Å². The van der Waals surface area contributed by atoms with Crippen molar-refractivity contribution in [3.63, 3.8) is 0 Å².